The molecule has 1 heterocycles. The zero-order valence-electron chi connectivity index (χ0n) is 28.9. The van der Waals surface area contributed by atoms with Gasteiger partial charge in [-0.3, -0.25) is 0 Å². The summed E-state index contributed by atoms with van der Waals surface area (Å²) in [5.41, 5.74) is 11.4. The number of benzene rings is 10. The van der Waals surface area contributed by atoms with Crippen molar-refractivity contribution in [1.82, 2.24) is 0 Å². The summed E-state index contributed by atoms with van der Waals surface area (Å²) in [6.45, 7) is 0. The van der Waals surface area contributed by atoms with Crippen LogP contribution in [0.5, 0.6) is 0 Å². The Bertz CT molecular complexity index is 3160. The number of fused-ring (bicyclic) bond motifs is 7. The lowest BCUT2D eigenvalue weighted by atomic mass is 9.84. The van der Waals surface area contributed by atoms with E-state index in [1.807, 2.05) is 0 Å². The van der Waals surface area contributed by atoms with E-state index in [0.717, 1.165) is 33.1 Å². The maximum Gasteiger partial charge on any atom is 0.143 e. The number of hydrogen-bond acceptors (Lipinski definition) is 1. The molecule has 0 aliphatic carbocycles. The third-order valence-corrected chi connectivity index (χ3v) is 11.0. The van der Waals surface area contributed by atoms with E-state index in [4.69, 9.17) is 4.42 Å². The Kier molecular flexibility index (Phi) is 6.62. The molecule has 1 nitrogen and oxygen atoms in total. The molecule has 0 fully saturated rings. The molecule has 1 aromatic heterocycles. The van der Waals surface area contributed by atoms with Crippen molar-refractivity contribution < 1.29 is 4.42 Å². The first-order valence-corrected chi connectivity index (χ1v) is 18.2. The molecule has 0 aliphatic rings. The minimum Gasteiger partial charge on any atom is -0.455 e. The highest BCUT2D eigenvalue weighted by Crippen LogP contribution is 2.47. The van der Waals surface area contributed by atoms with E-state index >= 15 is 0 Å². The summed E-state index contributed by atoms with van der Waals surface area (Å²) in [5.74, 6) is 0. The predicted molar refractivity (Wildman–Crippen MR) is 225 cm³/mol. The van der Waals surface area contributed by atoms with Crippen molar-refractivity contribution in [2.45, 2.75) is 0 Å². The largest absolute Gasteiger partial charge is 0.455 e. The highest BCUT2D eigenvalue weighted by Gasteiger charge is 2.21. The minimum atomic E-state index is 0.907. The monoisotopic (exact) mass is 672 g/mol. The fraction of sp³-hybridized carbons (Fsp3) is 0. The van der Waals surface area contributed by atoms with Crippen LogP contribution in [0.4, 0.5) is 0 Å². The van der Waals surface area contributed by atoms with Crippen LogP contribution in [-0.2, 0) is 0 Å². The zero-order valence-corrected chi connectivity index (χ0v) is 28.9. The van der Waals surface area contributed by atoms with Crippen molar-refractivity contribution in [2.24, 2.45) is 0 Å². The van der Waals surface area contributed by atoms with Gasteiger partial charge in [-0.2, -0.15) is 0 Å². The SMILES string of the molecule is c1ccc(-c2cc(-c3c4ccccc4c(-c4cccc(-c5ccc6ccccc6c5)c4)c4ccccc34)cc3c2oc2cc4ccccc4cc23)cc1. The summed E-state index contributed by atoms with van der Waals surface area (Å²) in [4.78, 5) is 0. The molecular weight excluding hydrogens is 641 g/mol. The average Bonchev–Trinajstić information content (AvgIpc) is 3.58. The van der Waals surface area contributed by atoms with Crippen LogP contribution in [0.1, 0.15) is 0 Å². The van der Waals surface area contributed by atoms with E-state index < -0.39 is 0 Å². The highest BCUT2D eigenvalue weighted by atomic mass is 16.3. The molecule has 0 spiro atoms. The lowest BCUT2D eigenvalue weighted by Crippen LogP contribution is -1.92. The van der Waals surface area contributed by atoms with Crippen LogP contribution in [-0.4, -0.2) is 0 Å². The maximum absolute atomic E-state index is 6.76. The van der Waals surface area contributed by atoms with E-state index in [-0.39, 0.29) is 0 Å². The third kappa shape index (κ3) is 4.79. The molecule has 1 heteroatoms. The van der Waals surface area contributed by atoms with Gasteiger partial charge in [-0.25, -0.2) is 0 Å². The van der Waals surface area contributed by atoms with Crippen LogP contribution in [0.15, 0.2) is 199 Å². The summed E-state index contributed by atoms with van der Waals surface area (Å²) in [5, 5.41) is 12.1. The second-order valence-electron chi connectivity index (χ2n) is 14.0. The van der Waals surface area contributed by atoms with Gasteiger partial charge in [-0.15, -0.1) is 0 Å². The van der Waals surface area contributed by atoms with Gasteiger partial charge in [0.25, 0.3) is 0 Å². The minimum absolute atomic E-state index is 0.907. The number of rotatable bonds is 4. The van der Waals surface area contributed by atoms with Crippen molar-refractivity contribution >= 4 is 65.0 Å². The smallest absolute Gasteiger partial charge is 0.143 e. The molecule has 0 saturated carbocycles. The fourth-order valence-electron chi connectivity index (χ4n) is 8.51. The Morgan fingerprint density at radius 2 is 0.792 bits per heavy atom. The molecule has 0 N–H and O–H groups in total. The summed E-state index contributed by atoms with van der Waals surface area (Å²) in [7, 11) is 0. The molecule has 0 unspecified atom stereocenters. The van der Waals surface area contributed by atoms with Crippen molar-refractivity contribution in [3.8, 4) is 44.5 Å². The Balaban J connectivity index is 1.19. The van der Waals surface area contributed by atoms with Gasteiger partial charge in [0, 0.05) is 16.3 Å². The molecule has 10 aromatic carbocycles. The lowest BCUT2D eigenvalue weighted by molar-refractivity contribution is 0.670. The highest BCUT2D eigenvalue weighted by molar-refractivity contribution is 6.23. The maximum atomic E-state index is 6.76. The first-order valence-electron chi connectivity index (χ1n) is 18.2. The number of furan rings is 1. The zero-order chi connectivity index (χ0) is 34.9. The van der Waals surface area contributed by atoms with Crippen molar-refractivity contribution in [1.29, 1.82) is 0 Å². The van der Waals surface area contributed by atoms with Gasteiger partial charge in [0.1, 0.15) is 11.2 Å². The first-order chi connectivity index (χ1) is 26.3. The normalized spacial score (nSPS) is 11.8. The van der Waals surface area contributed by atoms with Crippen LogP contribution in [0.3, 0.4) is 0 Å². The topological polar surface area (TPSA) is 13.1 Å². The molecule has 246 valence electrons. The molecule has 11 aromatic rings. The van der Waals surface area contributed by atoms with E-state index in [0.29, 0.717) is 0 Å². The summed E-state index contributed by atoms with van der Waals surface area (Å²) in [6.07, 6.45) is 0. The molecule has 0 radical (unpaired) electrons. The Morgan fingerprint density at radius 1 is 0.264 bits per heavy atom. The van der Waals surface area contributed by atoms with Gasteiger partial charge in [-0.05, 0) is 118 Å². The standard InChI is InChI=1S/C52H32O/c1-2-14-34(15-3-1)46-30-41(31-48-47-29-37-17-6-7-18-38(37)32-49(47)53-52(46)48)51-44-23-10-8-21-42(44)50(43-22-9-11-24-45(43)51)40-20-12-19-36(28-40)39-26-25-33-13-4-5-16-35(33)27-39/h1-32H. The van der Waals surface area contributed by atoms with Crippen LogP contribution in [0.25, 0.3) is 110 Å². The molecule has 0 aliphatic heterocycles. The van der Waals surface area contributed by atoms with Crippen LogP contribution in [0.2, 0.25) is 0 Å². The third-order valence-electron chi connectivity index (χ3n) is 11.0. The van der Waals surface area contributed by atoms with E-state index in [1.54, 1.807) is 0 Å². The lowest BCUT2D eigenvalue weighted by Gasteiger charge is -2.19. The molecule has 0 bridgehead atoms. The van der Waals surface area contributed by atoms with Gasteiger partial charge < -0.3 is 4.42 Å². The number of hydrogen-bond donors (Lipinski definition) is 0. The summed E-state index contributed by atoms with van der Waals surface area (Å²) >= 11 is 0. The van der Waals surface area contributed by atoms with Crippen LogP contribution in [0, 0.1) is 0 Å². The fourth-order valence-corrected chi connectivity index (χ4v) is 8.51. The van der Waals surface area contributed by atoms with Crippen LogP contribution >= 0.6 is 0 Å². The van der Waals surface area contributed by atoms with Crippen molar-refractivity contribution in [3.63, 3.8) is 0 Å². The van der Waals surface area contributed by atoms with Gasteiger partial charge in [-0.1, -0.05) is 158 Å². The van der Waals surface area contributed by atoms with Gasteiger partial charge in [0.2, 0.25) is 0 Å². The first kappa shape index (κ1) is 29.7. The quantitative estimate of drug-likeness (QED) is 0.170. The van der Waals surface area contributed by atoms with Gasteiger partial charge in [0.05, 0.1) is 0 Å². The van der Waals surface area contributed by atoms with Crippen LogP contribution < -0.4 is 0 Å². The summed E-state index contributed by atoms with van der Waals surface area (Å²) in [6, 6.07) is 70.6. The molecular formula is C52H32O. The predicted octanol–water partition coefficient (Wildman–Crippen LogP) is 14.9. The molecule has 0 amide bonds. The summed E-state index contributed by atoms with van der Waals surface area (Å²) < 4.78 is 6.76. The Labute approximate surface area is 307 Å². The van der Waals surface area contributed by atoms with Gasteiger partial charge in [0.15, 0.2) is 0 Å². The van der Waals surface area contributed by atoms with Gasteiger partial charge >= 0.3 is 0 Å². The van der Waals surface area contributed by atoms with E-state index in [1.165, 1.54) is 76.5 Å². The van der Waals surface area contributed by atoms with Crippen molar-refractivity contribution in [3.05, 3.63) is 194 Å². The van der Waals surface area contributed by atoms with E-state index in [9.17, 15) is 0 Å². The van der Waals surface area contributed by atoms with E-state index in [2.05, 4.69) is 194 Å². The second-order valence-corrected chi connectivity index (χ2v) is 14.0. The molecule has 53 heavy (non-hydrogen) atoms. The molecule has 0 saturated heterocycles. The van der Waals surface area contributed by atoms with Crippen molar-refractivity contribution in [2.75, 3.05) is 0 Å². The average molecular weight is 673 g/mol. The Morgan fingerprint density at radius 3 is 1.49 bits per heavy atom. The molecule has 11 rings (SSSR count). The molecule has 0 atom stereocenters. The second kappa shape index (κ2) is 11.8. The Hall–Kier alpha value is -6.96.